The predicted molar refractivity (Wildman–Crippen MR) is 207 cm³/mol. The summed E-state index contributed by atoms with van der Waals surface area (Å²) in [5.74, 6) is 1.07. The smallest absolute Gasteiger partial charge is 0.131 e. The molecule has 1 aromatic heterocycles. The molecule has 0 aliphatic carbocycles. The molecular formula is C41H47N5O4S. The fourth-order valence-electron chi connectivity index (χ4n) is 7.48. The summed E-state index contributed by atoms with van der Waals surface area (Å²) in [5.41, 5.74) is 7.45. The molecule has 4 heterocycles. The summed E-state index contributed by atoms with van der Waals surface area (Å²) in [5, 5.41) is 4.96. The molecular weight excluding hydrogens is 659 g/mol. The van der Waals surface area contributed by atoms with Crippen LogP contribution in [0, 0.1) is 6.92 Å². The Labute approximate surface area is 302 Å². The minimum absolute atomic E-state index is 0.209. The van der Waals surface area contributed by atoms with E-state index in [-0.39, 0.29) is 11.3 Å². The molecule has 266 valence electrons. The van der Waals surface area contributed by atoms with Gasteiger partial charge in [0.2, 0.25) is 0 Å². The number of fused-ring (bicyclic) bond motifs is 2. The number of nitrogens with one attached hydrogen (secondary N) is 1. The second kappa shape index (κ2) is 14.5. The summed E-state index contributed by atoms with van der Waals surface area (Å²) in [6.07, 6.45) is 0. The highest BCUT2D eigenvalue weighted by atomic mass is 32.3. The molecule has 9 nitrogen and oxygen atoms in total. The summed E-state index contributed by atoms with van der Waals surface area (Å²) < 4.78 is 34.2. The maximum atomic E-state index is 11.3. The first-order chi connectivity index (χ1) is 24.9. The Hall–Kier alpha value is -4.16. The van der Waals surface area contributed by atoms with Crippen LogP contribution in [0.1, 0.15) is 22.3 Å². The van der Waals surface area contributed by atoms with Crippen LogP contribution in [-0.2, 0) is 29.1 Å². The van der Waals surface area contributed by atoms with Gasteiger partial charge in [0, 0.05) is 68.6 Å². The monoisotopic (exact) mass is 705 g/mol. The number of rotatable bonds is 10. The highest BCUT2D eigenvalue weighted by Crippen LogP contribution is 2.52. The zero-order valence-electron chi connectivity index (χ0n) is 29.2. The summed E-state index contributed by atoms with van der Waals surface area (Å²) in [7, 11) is -2.96. The van der Waals surface area contributed by atoms with Gasteiger partial charge in [-0.05, 0) is 53.9 Å². The molecule has 0 unspecified atom stereocenters. The van der Waals surface area contributed by atoms with Crippen molar-refractivity contribution in [3.63, 3.8) is 0 Å². The van der Waals surface area contributed by atoms with E-state index in [4.69, 9.17) is 14.5 Å². The van der Waals surface area contributed by atoms with Crippen LogP contribution in [0.25, 0.3) is 10.9 Å². The van der Waals surface area contributed by atoms with Crippen LogP contribution in [-0.4, -0.2) is 82.9 Å². The molecule has 0 radical (unpaired) electrons. The lowest BCUT2D eigenvalue weighted by molar-refractivity contribution is -0.140. The Balaban J connectivity index is 1.11. The van der Waals surface area contributed by atoms with Crippen LogP contribution < -0.4 is 15.1 Å². The van der Waals surface area contributed by atoms with Crippen LogP contribution in [0.4, 0.5) is 17.2 Å². The number of ether oxygens (including phenoxy) is 2. The predicted octanol–water partition coefficient (Wildman–Crippen LogP) is 7.39. The number of benzene rings is 4. The van der Waals surface area contributed by atoms with Crippen molar-refractivity contribution in [2.24, 2.45) is 0 Å². The second-order valence-electron chi connectivity index (χ2n) is 14.1. The molecule has 5 aromatic rings. The maximum absolute atomic E-state index is 11.3. The highest BCUT2D eigenvalue weighted by molar-refractivity contribution is 8.24. The van der Waals surface area contributed by atoms with Crippen molar-refractivity contribution < 1.29 is 18.6 Å². The van der Waals surface area contributed by atoms with Gasteiger partial charge in [-0.2, -0.15) is 10.6 Å². The normalized spacial score (nSPS) is 18.9. The van der Waals surface area contributed by atoms with E-state index >= 15 is 0 Å². The average Bonchev–Trinajstić information content (AvgIpc) is 3.27. The van der Waals surface area contributed by atoms with Crippen LogP contribution >= 0.6 is 10.6 Å². The molecule has 8 rings (SSSR count). The third-order valence-corrected chi connectivity index (χ3v) is 12.4. The number of nitrogens with zero attached hydrogens (tertiary/aromatic N) is 4. The maximum Gasteiger partial charge on any atom is 0.131 e. The zero-order valence-corrected chi connectivity index (χ0v) is 30.0. The number of pyridine rings is 1. The summed E-state index contributed by atoms with van der Waals surface area (Å²) in [4.78, 5) is 12.9. The van der Waals surface area contributed by atoms with E-state index in [9.17, 15) is 9.11 Å². The van der Waals surface area contributed by atoms with Gasteiger partial charge in [-0.25, -0.2) is 4.98 Å². The summed E-state index contributed by atoms with van der Waals surface area (Å²) >= 11 is 0. The van der Waals surface area contributed by atoms with Crippen molar-refractivity contribution in [1.29, 1.82) is 0 Å². The molecule has 3 aliphatic heterocycles. The topological polar surface area (TPSA) is 93.6 Å². The Morgan fingerprint density at radius 3 is 2.18 bits per heavy atom. The van der Waals surface area contributed by atoms with Gasteiger partial charge in [-0.3, -0.25) is 14.0 Å². The quantitative estimate of drug-likeness (QED) is 0.138. The Bertz CT molecular complexity index is 1930. The Morgan fingerprint density at radius 1 is 0.804 bits per heavy atom. The molecule has 0 bridgehead atoms. The molecule has 51 heavy (non-hydrogen) atoms. The first-order valence-electron chi connectivity index (χ1n) is 17.9. The van der Waals surface area contributed by atoms with Gasteiger partial charge >= 0.3 is 0 Å². The lowest BCUT2D eigenvalue weighted by Gasteiger charge is -2.50. The third kappa shape index (κ3) is 7.30. The first-order valence-corrected chi connectivity index (χ1v) is 19.6. The van der Waals surface area contributed by atoms with Gasteiger partial charge in [0.15, 0.2) is 0 Å². The number of hydrogen-bond donors (Lipinski definition) is 3. The molecule has 2 fully saturated rings. The molecule has 3 aliphatic rings. The van der Waals surface area contributed by atoms with Gasteiger partial charge in [0.25, 0.3) is 0 Å². The molecule has 3 N–H and O–H groups in total. The minimum Gasteiger partial charge on any atom is -0.382 e. The van der Waals surface area contributed by atoms with E-state index < -0.39 is 10.6 Å². The molecule has 10 heteroatoms. The van der Waals surface area contributed by atoms with Crippen molar-refractivity contribution in [3.8, 4) is 0 Å². The van der Waals surface area contributed by atoms with Crippen LogP contribution in [0.2, 0.25) is 0 Å². The molecule has 0 spiro atoms. The number of hydrogen-bond acceptors (Lipinski definition) is 9. The molecule has 0 amide bonds. The fourth-order valence-corrected chi connectivity index (χ4v) is 9.01. The standard InChI is InChI=1S/C41H47N5O4S/c1-31-12-14-37-36(22-31)38(42-28-41(29-50-30-41)46(25-32-8-4-2-5-9-32)26-33-10-6-3-7-11-33)24-40(43-37)45-18-21-51(47,48)39-15-13-35(23-34(39)27-45)44-16-19-49-20-17-44/h2-15,22-24,47-48H,16-21,25-30H2,1H3,(H,42,43). The second-order valence-corrected chi connectivity index (χ2v) is 16.3. The van der Waals surface area contributed by atoms with Crippen molar-refractivity contribution in [2.45, 2.75) is 37.0 Å². The van der Waals surface area contributed by atoms with Crippen molar-refractivity contribution in [3.05, 3.63) is 125 Å². The molecule has 4 aromatic carbocycles. The number of aromatic nitrogens is 1. The van der Waals surface area contributed by atoms with Crippen molar-refractivity contribution >= 4 is 38.7 Å². The molecule has 2 saturated heterocycles. The average molecular weight is 706 g/mol. The lowest BCUT2D eigenvalue weighted by Crippen LogP contribution is -2.65. The molecule has 0 atom stereocenters. The van der Waals surface area contributed by atoms with Gasteiger partial charge < -0.3 is 24.6 Å². The lowest BCUT2D eigenvalue weighted by atomic mass is 9.92. The zero-order chi connectivity index (χ0) is 34.8. The molecule has 0 saturated carbocycles. The van der Waals surface area contributed by atoms with E-state index in [0.29, 0.717) is 51.0 Å². The largest absolute Gasteiger partial charge is 0.382 e. The first kappa shape index (κ1) is 34.0. The minimum atomic E-state index is -2.96. The number of aryl methyl sites for hydroxylation is 1. The van der Waals surface area contributed by atoms with E-state index in [1.54, 1.807) is 0 Å². The SMILES string of the molecule is Cc1ccc2nc(N3CCS(O)(O)c4ccc(N5CCOCC5)cc4C3)cc(NCC3(N(Cc4ccccc4)Cc4ccccc4)COC3)c2c1. The van der Waals surface area contributed by atoms with Crippen molar-refractivity contribution in [1.82, 2.24) is 9.88 Å². The Morgan fingerprint density at radius 2 is 1.51 bits per heavy atom. The van der Waals surface area contributed by atoms with E-state index in [1.807, 2.05) is 12.1 Å². The highest BCUT2D eigenvalue weighted by Gasteiger charge is 2.44. The number of anilines is 3. The van der Waals surface area contributed by atoms with Crippen LogP contribution in [0.15, 0.2) is 108 Å². The summed E-state index contributed by atoms with van der Waals surface area (Å²) in [6.45, 7) is 9.76. The van der Waals surface area contributed by atoms with Gasteiger partial charge in [-0.1, -0.05) is 72.3 Å². The van der Waals surface area contributed by atoms with E-state index in [2.05, 4.69) is 118 Å². The van der Waals surface area contributed by atoms with Crippen LogP contribution in [0.5, 0.6) is 0 Å². The number of morpholine rings is 1. The van der Waals surface area contributed by atoms with Gasteiger partial charge in [0.05, 0.1) is 48.1 Å². The van der Waals surface area contributed by atoms with E-state index in [0.717, 1.165) is 59.8 Å². The summed E-state index contributed by atoms with van der Waals surface area (Å²) in [6, 6.07) is 36.0. The van der Waals surface area contributed by atoms with Crippen LogP contribution in [0.3, 0.4) is 0 Å². The van der Waals surface area contributed by atoms with Gasteiger partial charge in [0.1, 0.15) is 5.82 Å². The Kier molecular flexibility index (Phi) is 9.63. The van der Waals surface area contributed by atoms with Gasteiger partial charge in [-0.15, -0.1) is 0 Å². The fraction of sp³-hybridized carbons (Fsp3) is 0.341. The van der Waals surface area contributed by atoms with E-state index in [1.165, 1.54) is 16.7 Å². The van der Waals surface area contributed by atoms with Crippen molar-refractivity contribution in [2.75, 3.05) is 73.5 Å². The third-order valence-electron chi connectivity index (χ3n) is 10.5.